The van der Waals surface area contributed by atoms with E-state index in [4.69, 9.17) is 37.8 Å². The fraction of sp³-hybridized carbons (Fsp3) is 0.174. The molecular weight excluding hydrogens is 407 g/mol. The van der Waals surface area contributed by atoms with Crippen molar-refractivity contribution in [1.82, 2.24) is 5.01 Å². The minimum absolute atomic E-state index is 0.0557. The largest absolute Gasteiger partial charge is 0.493 e. The molecule has 146 valence electrons. The van der Waals surface area contributed by atoms with Crippen molar-refractivity contribution in [3.63, 3.8) is 0 Å². The molecule has 3 aromatic rings. The van der Waals surface area contributed by atoms with Crippen LogP contribution in [0.25, 0.3) is 0 Å². The molecule has 0 spiro atoms. The molecule has 2 atom stereocenters. The quantitative estimate of drug-likeness (QED) is 0.498. The molecule has 2 aliphatic heterocycles. The van der Waals surface area contributed by atoms with Gasteiger partial charge in [-0.1, -0.05) is 59.6 Å². The molecule has 0 aliphatic carbocycles. The Kier molecular flexibility index (Phi) is 4.61. The summed E-state index contributed by atoms with van der Waals surface area (Å²) in [6.45, 7) is 0. The van der Waals surface area contributed by atoms with E-state index < -0.39 is 0 Å². The van der Waals surface area contributed by atoms with Crippen molar-refractivity contribution in [2.75, 3.05) is 7.11 Å². The molecular formula is C23H18Cl2N2O2. The van der Waals surface area contributed by atoms with Gasteiger partial charge < -0.3 is 9.47 Å². The number of halogens is 2. The second-order valence-electron chi connectivity index (χ2n) is 7.05. The first-order chi connectivity index (χ1) is 14.1. The van der Waals surface area contributed by atoms with Crippen LogP contribution >= 0.6 is 23.2 Å². The van der Waals surface area contributed by atoms with Gasteiger partial charge in [-0.3, -0.25) is 0 Å². The summed E-state index contributed by atoms with van der Waals surface area (Å²) in [5.74, 6) is 1.49. The van der Waals surface area contributed by atoms with Crippen LogP contribution in [0.5, 0.6) is 11.5 Å². The van der Waals surface area contributed by atoms with Crippen molar-refractivity contribution in [3.8, 4) is 11.5 Å². The number of benzene rings is 3. The summed E-state index contributed by atoms with van der Waals surface area (Å²) < 4.78 is 12.0. The number of methoxy groups -OCH3 is 1. The number of fused-ring (bicyclic) bond motifs is 3. The average molecular weight is 425 g/mol. The third-order valence-corrected chi connectivity index (χ3v) is 5.84. The summed E-state index contributed by atoms with van der Waals surface area (Å²) >= 11 is 12.2. The minimum atomic E-state index is -0.370. The van der Waals surface area contributed by atoms with Gasteiger partial charge in [-0.05, 0) is 35.9 Å². The first-order valence-corrected chi connectivity index (χ1v) is 10.1. The number of ether oxygens (including phenoxy) is 2. The molecule has 2 heterocycles. The van der Waals surface area contributed by atoms with Crippen molar-refractivity contribution in [2.24, 2.45) is 5.10 Å². The fourth-order valence-corrected chi connectivity index (χ4v) is 4.16. The van der Waals surface area contributed by atoms with E-state index in [1.54, 1.807) is 7.11 Å². The first kappa shape index (κ1) is 18.3. The zero-order chi connectivity index (χ0) is 20.0. The third-order valence-electron chi connectivity index (χ3n) is 5.33. The van der Waals surface area contributed by atoms with Crippen LogP contribution in [-0.4, -0.2) is 17.8 Å². The minimum Gasteiger partial charge on any atom is -0.493 e. The van der Waals surface area contributed by atoms with E-state index in [0.29, 0.717) is 10.0 Å². The average Bonchev–Trinajstić information content (AvgIpc) is 3.19. The highest BCUT2D eigenvalue weighted by Crippen LogP contribution is 2.50. The zero-order valence-corrected chi connectivity index (χ0v) is 17.2. The van der Waals surface area contributed by atoms with Crippen LogP contribution in [0, 0.1) is 0 Å². The number of hydrogen-bond donors (Lipinski definition) is 0. The molecule has 5 rings (SSSR count). The Morgan fingerprint density at radius 1 is 0.966 bits per heavy atom. The summed E-state index contributed by atoms with van der Waals surface area (Å²) in [4.78, 5) is 0. The lowest BCUT2D eigenvalue weighted by Gasteiger charge is -2.38. The Bertz CT molecular complexity index is 1080. The van der Waals surface area contributed by atoms with Gasteiger partial charge in [0.2, 0.25) is 6.23 Å². The zero-order valence-electron chi connectivity index (χ0n) is 15.7. The van der Waals surface area contributed by atoms with Crippen LogP contribution in [0.3, 0.4) is 0 Å². The SMILES string of the molecule is COc1cccc2c1O[C@H](c1ccc(Cl)cc1)N1N=C(c3ccc(Cl)cc3)C[C@H]21. The molecule has 3 aromatic carbocycles. The lowest BCUT2D eigenvalue weighted by Crippen LogP contribution is -2.33. The van der Waals surface area contributed by atoms with Gasteiger partial charge in [-0.25, -0.2) is 5.01 Å². The van der Waals surface area contributed by atoms with E-state index in [1.165, 1.54) is 0 Å². The Labute approximate surface area is 179 Å². The van der Waals surface area contributed by atoms with Gasteiger partial charge in [0.25, 0.3) is 0 Å². The second kappa shape index (κ2) is 7.29. The highest BCUT2D eigenvalue weighted by atomic mass is 35.5. The Balaban J connectivity index is 1.61. The third kappa shape index (κ3) is 3.22. The highest BCUT2D eigenvalue weighted by molar-refractivity contribution is 6.30. The molecule has 0 saturated heterocycles. The highest BCUT2D eigenvalue weighted by Gasteiger charge is 2.42. The van der Waals surface area contributed by atoms with Crippen LogP contribution in [0.4, 0.5) is 0 Å². The summed E-state index contributed by atoms with van der Waals surface area (Å²) in [6, 6.07) is 21.5. The summed E-state index contributed by atoms with van der Waals surface area (Å²) in [5.41, 5.74) is 4.12. The van der Waals surface area contributed by atoms with Crippen LogP contribution in [0.1, 0.15) is 35.4 Å². The lowest BCUT2D eigenvalue weighted by atomic mass is 9.95. The van der Waals surface area contributed by atoms with Gasteiger partial charge in [0.15, 0.2) is 11.5 Å². The number of hydrogen-bond acceptors (Lipinski definition) is 4. The molecule has 6 heteroatoms. The topological polar surface area (TPSA) is 34.1 Å². The maximum absolute atomic E-state index is 6.43. The molecule has 4 nitrogen and oxygen atoms in total. The number of para-hydroxylation sites is 1. The van der Waals surface area contributed by atoms with Crippen LogP contribution in [0.2, 0.25) is 10.0 Å². The lowest BCUT2D eigenvalue weighted by molar-refractivity contribution is -0.0208. The van der Waals surface area contributed by atoms with Crippen LogP contribution in [-0.2, 0) is 0 Å². The standard InChI is InChI=1S/C23H18Cl2N2O2/c1-28-21-4-2-3-18-20-13-19(14-5-9-16(24)10-6-14)26-27(20)23(29-22(18)21)15-7-11-17(25)12-8-15/h2-12,20,23H,13H2,1H3/t20-,23-/m1/s1. The van der Waals surface area contributed by atoms with Gasteiger partial charge in [0.1, 0.15) is 0 Å². The monoisotopic (exact) mass is 424 g/mol. The first-order valence-electron chi connectivity index (χ1n) is 9.35. The molecule has 2 aliphatic rings. The van der Waals surface area contributed by atoms with Crippen LogP contribution in [0.15, 0.2) is 71.8 Å². The van der Waals surface area contributed by atoms with E-state index >= 15 is 0 Å². The molecule has 0 radical (unpaired) electrons. The molecule has 0 fully saturated rings. The van der Waals surface area contributed by atoms with Gasteiger partial charge in [-0.15, -0.1) is 0 Å². The smallest absolute Gasteiger partial charge is 0.214 e. The van der Waals surface area contributed by atoms with Crippen molar-refractivity contribution in [1.29, 1.82) is 0 Å². The molecule has 0 amide bonds. The molecule has 29 heavy (non-hydrogen) atoms. The molecule has 0 bridgehead atoms. The van der Waals surface area contributed by atoms with Crippen molar-refractivity contribution >= 4 is 28.9 Å². The number of nitrogens with zero attached hydrogens (tertiary/aromatic N) is 2. The van der Waals surface area contributed by atoms with E-state index in [1.807, 2.05) is 65.7 Å². The summed E-state index contributed by atoms with van der Waals surface area (Å²) in [6.07, 6.45) is 0.403. The van der Waals surface area contributed by atoms with Crippen molar-refractivity contribution in [2.45, 2.75) is 18.7 Å². The second-order valence-corrected chi connectivity index (χ2v) is 7.93. The van der Waals surface area contributed by atoms with Gasteiger partial charge >= 0.3 is 0 Å². The van der Waals surface area contributed by atoms with E-state index in [9.17, 15) is 0 Å². The molecule has 0 unspecified atom stereocenters. The van der Waals surface area contributed by atoms with Crippen molar-refractivity contribution in [3.05, 3.63) is 93.5 Å². The van der Waals surface area contributed by atoms with Gasteiger partial charge in [-0.2, -0.15) is 5.10 Å². The fourth-order valence-electron chi connectivity index (χ4n) is 3.91. The van der Waals surface area contributed by atoms with Gasteiger partial charge in [0, 0.05) is 27.6 Å². The maximum atomic E-state index is 6.43. The van der Waals surface area contributed by atoms with E-state index in [0.717, 1.165) is 40.3 Å². The summed E-state index contributed by atoms with van der Waals surface area (Å²) in [5, 5.41) is 8.39. The normalized spacial score (nSPS) is 19.8. The molecule has 0 aromatic heterocycles. The predicted octanol–water partition coefficient (Wildman–Crippen LogP) is 6.24. The van der Waals surface area contributed by atoms with Crippen LogP contribution < -0.4 is 9.47 Å². The molecule has 0 saturated carbocycles. The van der Waals surface area contributed by atoms with Gasteiger partial charge in [0.05, 0.1) is 18.9 Å². The van der Waals surface area contributed by atoms with E-state index in [-0.39, 0.29) is 12.3 Å². The number of rotatable bonds is 3. The maximum Gasteiger partial charge on any atom is 0.214 e. The molecule has 0 N–H and O–H groups in total. The van der Waals surface area contributed by atoms with E-state index in [2.05, 4.69) is 6.07 Å². The Morgan fingerprint density at radius 2 is 1.66 bits per heavy atom. The number of hydrazone groups is 1. The Hall–Kier alpha value is -2.69. The Morgan fingerprint density at radius 3 is 2.34 bits per heavy atom. The predicted molar refractivity (Wildman–Crippen MR) is 115 cm³/mol. The van der Waals surface area contributed by atoms with Crippen molar-refractivity contribution < 1.29 is 9.47 Å². The summed E-state index contributed by atoms with van der Waals surface area (Å²) in [7, 11) is 1.66.